The van der Waals surface area contributed by atoms with Crippen LogP contribution in [0.4, 0.5) is 10.1 Å². The van der Waals surface area contributed by atoms with Crippen molar-refractivity contribution in [3.63, 3.8) is 0 Å². The molecule has 34 heavy (non-hydrogen) atoms. The summed E-state index contributed by atoms with van der Waals surface area (Å²) in [6.45, 7) is 4.96. The van der Waals surface area contributed by atoms with Crippen molar-refractivity contribution in [2.45, 2.75) is 37.8 Å². The van der Waals surface area contributed by atoms with Gasteiger partial charge in [-0.05, 0) is 74.4 Å². The van der Waals surface area contributed by atoms with Crippen LogP contribution in [0.2, 0.25) is 0 Å². The number of carbonyl (C=O) groups is 2. The lowest BCUT2D eigenvalue weighted by molar-refractivity contribution is -0.129. The normalized spacial score (nSPS) is 12.9. The van der Waals surface area contributed by atoms with Crippen molar-refractivity contribution in [3.05, 3.63) is 95.3 Å². The molecule has 0 bridgehead atoms. The fourth-order valence-electron chi connectivity index (χ4n) is 3.16. The Morgan fingerprint density at radius 3 is 2.29 bits per heavy atom. The van der Waals surface area contributed by atoms with E-state index >= 15 is 0 Å². The minimum atomic E-state index is -3.94. The molecule has 0 heterocycles. The summed E-state index contributed by atoms with van der Waals surface area (Å²) >= 11 is 0. The van der Waals surface area contributed by atoms with Crippen molar-refractivity contribution in [1.29, 1.82) is 0 Å². The number of amides is 1. The van der Waals surface area contributed by atoms with Crippen LogP contribution in [0.25, 0.3) is 0 Å². The van der Waals surface area contributed by atoms with Crippen LogP contribution in [0.3, 0.4) is 0 Å². The van der Waals surface area contributed by atoms with Gasteiger partial charge in [-0.15, -0.1) is 0 Å². The molecular formula is C25H25FN2O5S. The van der Waals surface area contributed by atoms with Crippen LogP contribution in [-0.2, 0) is 19.6 Å². The van der Waals surface area contributed by atoms with Gasteiger partial charge in [0, 0.05) is 5.69 Å². The van der Waals surface area contributed by atoms with Crippen molar-refractivity contribution in [3.8, 4) is 0 Å². The van der Waals surface area contributed by atoms with Gasteiger partial charge in [0.1, 0.15) is 5.82 Å². The smallest absolute Gasteiger partial charge is 0.338 e. The van der Waals surface area contributed by atoms with Gasteiger partial charge in [-0.2, -0.15) is 0 Å². The third kappa shape index (κ3) is 6.41. The Morgan fingerprint density at radius 1 is 0.941 bits per heavy atom. The summed E-state index contributed by atoms with van der Waals surface area (Å²) in [5.41, 5.74) is 1.96. The van der Waals surface area contributed by atoms with Gasteiger partial charge >= 0.3 is 5.97 Å². The number of hydrogen-bond donors (Lipinski definition) is 2. The SMILES string of the molecule is Cc1cccc(NS(=O)(=O)c2cccc(C(=O)OC(C)C(=O)NC(C)c3ccc(F)cc3)c2)c1. The van der Waals surface area contributed by atoms with Gasteiger partial charge in [-0.1, -0.05) is 30.3 Å². The summed E-state index contributed by atoms with van der Waals surface area (Å²) in [6, 6.07) is 17.5. The molecule has 178 valence electrons. The van der Waals surface area contributed by atoms with Gasteiger partial charge < -0.3 is 10.1 Å². The number of esters is 1. The highest BCUT2D eigenvalue weighted by Crippen LogP contribution is 2.19. The Hall–Kier alpha value is -3.72. The predicted molar refractivity (Wildman–Crippen MR) is 126 cm³/mol. The third-order valence-electron chi connectivity index (χ3n) is 5.03. The number of rotatable bonds is 8. The molecule has 2 atom stereocenters. The number of sulfonamides is 1. The van der Waals surface area contributed by atoms with Crippen molar-refractivity contribution in [2.24, 2.45) is 0 Å². The van der Waals surface area contributed by atoms with E-state index in [9.17, 15) is 22.4 Å². The Morgan fingerprint density at radius 2 is 1.62 bits per heavy atom. The zero-order valence-electron chi connectivity index (χ0n) is 18.9. The van der Waals surface area contributed by atoms with Crippen molar-refractivity contribution < 1.29 is 27.1 Å². The Kier molecular flexibility index (Phi) is 7.68. The molecule has 0 saturated heterocycles. The van der Waals surface area contributed by atoms with Gasteiger partial charge in [-0.25, -0.2) is 17.6 Å². The fraction of sp³-hybridized carbons (Fsp3) is 0.200. The second-order valence-corrected chi connectivity index (χ2v) is 9.51. The highest BCUT2D eigenvalue weighted by Gasteiger charge is 2.22. The number of benzene rings is 3. The molecule has 0 saturated carbocycles. The van der Waals surface area contributed by atoms with Gasteiger partial charge in [-0.3, -0.25) is 9.52 Å². The first kappa shape index (κ1) is 24.9. The minimum absolute atomic E-state index is 0.0154. The van der Waals surface area contributed by atoms with Crippen LogP contribution in [0, 0.1) is 12.7 Å². The molecule has 3 rings (SSSR count). The van der Waals surface area contributed by atoms with E-state index < -0.39 is 34.0 Å². The molecule has 0 aromatic heterocycles. The van der Waals surface area contributed by atoms with Gasteiger partial charge in [0.2, 0.25) is 0 Å². The van der Waals surface area contributed by atoms with E-state index in [4.69, 9.17) is 4.74 Å². The molecule has 9 heteroatoms. The molecule has 2 N–H and O–H groups in total. The van der Waals surface area contributed by atoms with Crippen LogP contribution in [0.5, 0.6) is 0 Å². The molecule has 3 aromatic carbocycles. The standard InChI is InChI=1S/C25H25FN2O5S/c1-16-6-4-8-22(14-16)28-34(31,32)23-9-5-7-20(15-23)25(30)33-18(3)24(29)27-17(2)19-10-12-21(26)13-11-19/h4-15,17-18,28H,1-3H3,(H,27,29). The van der Waals surface area contributed by atoms with Crippen LogP contribution in [0.1, 0.15) is 41.4 Å². The molecule has 0 radical (unpaired) electrons. The van der Waals surface area contributed by atoms with Crippen LogP contribution < -0.4 is 10.0 Å². The molecule has 0 aliphatic carbocycles. The van der Waals surface area contributed by atoms with E-state index in [-0.39, 0.29) is 16.3 Å². The van der Waals surface area contributed by atoms with Crippen molar-refractivity contribution in [2.75, 3.05) is 4.72 Å². The van der Waals surface area contributed by atoms with Crippen molar-refractivity contribution >= 4 is 27.6 Å². The first-order valence-electron chi connectivity index (χ1n) is 10.5. The number of aryl methyl sites for hydroxylation is 1. The topological polar surface area (TPSA) is 102 Å². The van der Waals surface area contributed by atoms with E-state index in [0.717, 1.165) is 5.56 Å². The summed E-state index contributed by atoms with van der Waals surface area (Å²) in [7, 11) is -3.94. The Bertz CT molecular complexity index is 1290. The summed E-state index contributed by atoms with van der Waals surface area (Å²) in [5.74, 6) is -1.78. The predicted octanol–water partition coefficient (Wildman–Crippen LogP) is 4.36. The number of hydrogen-bond acceptors (Lipinski definition) is 5. The molecule has 3 aromatic rings. The van der Waals surface area contributed by atoms with Gasteiger partial charge in [0.25, 0.3) is 15.9 Å². The molecular weight excluding hydrogens is 459 g/mol. The van der Waals surface area contributed by atoms with Crippen LogP contribution >= 0.6 is 0 Å². The first-order valence-corrected chi connectivity index (χ1v) is 12.0. The minimum Gasteiger partial charge on any atom is -0.449 e. The molecule has 0 aliphatic rings. The highest BCUT2D eigenvalue weighted by molar-refractivity contribution is 7.92. The quantitative estimate of drug-likeness (QED) is 0.463. The second-order valence-electron chi connectivity index (χ2n) is 7.83. The van der Waals surface area contributed by atoms with Gasteiger partial charge in [0.05, 0.1) is 16.5 Å². The monoisotopic (exact) mass is 484 g/mol. The van der Waals surface area contributed by atoms with E-state index in [1.54, 1.807) is 37.3 Å². The van der Waals surface area contributed by atoms with E-state index in [1.807, 2.05) is 13.0 Å². The number of anilines is 1. The molecule has 7 nitrogen and oxygen atoms in total. The lowest BCUT2D eigenvalue weighted by Crippen LogP contribution is -2.37. The van der Waals surface area contributed by atoms with E-state index in [2.05, 4.69) is 10.0 Å². The summed E-state index contributed by atoms with van der Waals surface area (Å²) in [4.78, 5) is 24.9. The average Bonchev–Trinajstić information content (AvgIpc) is 2.79. The number of nitrogens with one attached hydrogen (secondary N) is 2. The lowest BCUT2D eigenvalue weighted by atomic mass is 10.1. The number of halogens is 1. The summed E-state index contributed by atoms with van der Waals surface area (Å²) in [5, 5.41) is 2.70. The van der Waals surface area contributed by atoms with E-state index in [1.165, 1.54) is 43.3 Å². The Balaban J connectivity index is 1.66. The maximum atomic E-state index is 13.1. The van der Waals surface area contributed by atoms with Gasteiger partial charge in [0.15, 0.2) is 6.10 Å². The molecule has 0 fully saturated rings. The fourth-order valence-corrected chi connectivity index (χ4v) is 4.26. The molecule has 1 amide bonds. The van der Waals surface area contributed by atoms with E-state index in [0.29, 0.717) is 11.3 Å². The third-order valence-corrected chi connectivity index (χ3v) is 6.41. The average molecular weight is 485 g/mol. The lowest BCUT2D eigenvalue weighted by Gasteiger charge is -2.18. The zero-order valence-corrected chi connectivity index (χ0v) is 19.7. The maximum absolute atomic E-state index is 13.1. The van der Waals surface area contributed by atoms with Crippen LogP contribution in [0.15, 0.2) is 77.7 Å². The molecule has 2 unspecified atom stereocenters. The highest BCUT2D eigenvalue weighted by atomic mass is 32.2. The first-order chi connectivity index (χ1) is 16.0. The second kappa shape index (κ2) is 10.5. The van der Waals surface area contributed by atoms with Crippen LogP contribution in [-0.4, -0.2) is 26.4 Å². The van der Waals surface area contributed by atoms with Crippen molar-refractivity contribution in [1.82, 2.24) is 5.32 Å². The maximum Gasteiger partial charge on any atom is 0.338 e. The molecule has 0 spiro atoms. The number of ether oxygens (including phenoxy) is 1. The zero-order chi connectivity index (χ0) is 24.9. The summed E-state index contributed by atoms with van der Waals surface area (Å²) < 4.78 is 46.3. The largest absolute Gasteiger partial charge is 0.449 e. The number of carbonyl (C=O) groups excluding carboxylic acids is 2. The Labute approximate surface area is 198 Å². The molecule has 0 aliphatic heterocycles. The summed E-state index contributed by atoms with van der Waals surface area (Å²) in [6.07, 6.45) is -1.14.